The molecular formula is C20H38N2O2. The van der Waals surface area contributed by atoms with Crippen LogP contribution < -0.4 is 0 Å². The molecule has 0 unspecified atom stereocenters. The van der Waals surface area contributed by atoms with Crippen LogP contribution in [0.3, 0.4) is 0 Å². The Hall–Kier alpha value is -1.32. The minimum atomic E-state index is 0.481. The van der Waals surface area contributed by atoms with Crippen LogP contribution >= 0.6 is 0 Å². The van der Waals surface area contributed by atoms with Crippen LogP contribution in [-0.4, -0.2) is 9.97 Å². The number of aryl methyl sites for hydroxylation is 2. The van der Waals surface area contributed by atoms with Gasteiger partial charge in [0.05, 0.1) is 0 Å². The number of fused-ring (bicyclic) bond motifs is 1. The maximum atomic E-state index is 5.07. The molecule has 2 rings (SSSR count). The first kappa shape index (κ1) is 22.7. The quantitative estimate of drug-likeness (QED) is 0.471. The summed E-state index contributed by atoms with van der Waals surface area (Å²) in [6.45, 7) is 12.5. The van der Waals surface area contributed by atoms with Gasteiger partial charge in [-0.2, -0.15) is 9.97 Å². The van der Waals surface area contributed by atoms with E-state index in [0.717, 1.165) is 0 Å². The van der Waals surface area contributed by atoms with E-state index in [4.69, 9.17) is 8.83 Å². The Morgan fingerprint density at radius 2 is 0.833 bits per heavy atom. The second-order valence-corrected chi connectivity index (χ2v) is 6.20. The molecule has 0 bridgehead atoms. The third kappa shape index (κ3) is 11.3. The van der Waals surface area contributed by atoms with Crippen molar-refractivity contribution in [1.82, 2.24) is 9.97 Å². The number of hydrogen-bond acceptors (Lipinski definition) is 4. The summed E-state index contributed by atoms with van der Waals surface area (Å²) in [5.74, 6) is 1.17. The lowest BCUT2D eigenvalue weighted by Crippen LogP contribution is -1.70. The molecule has 0 aliphatic heterocycles. The van der Waals surface area contributed by atoms with Gasteiger partial charge < -0.3 is 8.83 Å². The third-order valence-corrected chi connectivity index (χ3v) is 3.60. The molecule has 0 saturated heterocycles. The molecular weight excluding hydrogens is 300 g/mol. The summed E-state index contributed by atoms with van der Waals surface area (Å²) in [6.07, 6.45) is 14.0. The van der Waals surface area contributed by atoms with Crippen LogP contribution in [-0.2, 0) is 0 Å². The topological polar surface area (TPSA) is 52.1 Å². The minimum Gasteiger partial charge on any atom is -0.420 e. The molecule has 0 atom stereocenters. The van der Waals surface area contributed by atoms with E-state index >= 15 is 0 Å². The first-order valence-corrected chi connectivity index (χ1v) is 9.79. The molecule has 2 aromatic rings. The average molecular weight is 339 g/mol. The van der Waals surface area contributed by atoms with Crippen LogP contribution in [0.5, 0.6) is 0 Å². The number of aromatic nitrogens is 2. The van der Waals surface area contributed by atoms with Crippen molar-refractivity contribution in [2.24, 2.45) is 0 Å². The molecule has 24 heavy (non-hydrogen) atoms. The molecule has 4 heteroatoms. The molecule has 140 valence electrons. The normalized spacial score (nSPS) is 10.1. The Bertz CT molecular complexity index is 422. The van der Waals surface area contributed by atoms with Gasteiger partial charge in [0.15, 0.2) is 11.8 Å². The monoisotopic (exact) mass is 338 g/mol. The highest BCUT2D eigenvalue weighted by Gasteiger charge is 2.07. The van der Waals surface area contributed by atoms with Gasteiger partial charge in [0.25, 0.3) is 11.4 Å². The lowest BCUT2D eigenvalue weighted by Gasteiger charge is -1.90. The molecule has 2 aromatic heterocycles. The molecule has 0 spiro atoms. The van der Waals surface area contributed by atoms with Gasteiger partial charge in [0, 0.05) is 13.8 Å². The molecule has 0 aliphatic rings. The molecule has 0 saturated carbocycles. The number of oxazole rings is 2. The van der Waals surface area contributed by atoms with Gasteiger partial charge in [-0.1, -0.05) is 91.9 Å². The van der Waals surface area contributed by atoms with Gasteiger partial charge in [0.2, 0.25) is 0 Å². The summed E-state index contributed by atoms with van der Waals surface area (Å²) in [4.78, 5) is 7.88. The number of hydrogen-bond donors (Lipinski definition) is 0. The average Bonchev–Trinajstić information content (AvgIpc) is 3.05. The molecule has 0 aliphatic carbocycles. The number of nitrogens with zero attached hydrogens (tertiary/aromatic N) is 2. The van der Waals surface area contributed by atoms with Crippen molar-refractivity contribution < 1.29 is 8.83 Å². The van der Waals surface area contributed by atoms with Gasteiger partial charge in [-0.3, -0.25) is 0 Å². The van der Waals surface area contributed by atoms with E-state index in [1.807, 2.05) is 0 Å². The highest BCUT2D eigenvalue weighted by atomic mass is 16.4. The van der Waals surface area contributed by atoms with E-state index in [-0.39, 0.29) is 0 Å². The van der Waals surface area contributed by atoms with Gasteiger partial charge in [-0.05, 0) is 0 Å². The lowest BCUT2D eigenvalue weighted by atomic mass is 10.2. The predicted molar refractivity (Wildman–Crippen MR) is 102 cm³/mol. The lowest BCUT2D eigenvalue weighted by molar-refractivity contribution is 0.530. The van der Waals surface area contributed by atoms with E-state index in [9.17, 15) is 0 Å². The highest BCUT2D eigenvalue weighted by Crippen LogP contribution is 2.14. The van der Waals surface area contributed by atoms with Crippen LogP contribution in [0, 0.1) is 13.8 Å². The Balaban J connectivity index is 0.000000343. The van der Waals surface area contributed by atoms with Crippen molar-refractivity contribution in [3.63, 3.8) is 0 Å². The van der Waals surface area contributed by atoms with Crippen molar-refractivity contribution in [2.45, 2.75) is 106 Å². The predicted octanol–water partition coefficient (Wildman–Crippen LogP) is 7.39. The third-order valence-electron chi connectivity index (χ3n) is 3.60. The zero-order valence-electron chi connectivity index (χ0n) is 16.8. The summed E-state index contributed by atoms with van der Waals surface area (Å²) in [7, 11) is 0. The zero-order valence-corrected chi connectivity index (χ0v) is 16.8. The fourth-order valence-electron chi connectivity index (χ4n) is 2.19. The standard InChI is InChI=1S/2C7H16.C6H6N2O2/c2*1-3-5-7-6-4-2;1-3-7-5-6(9-3)8-4(2)10-5/h2*3-7H2,1-2H3;1-2H3. The summed E-state index contributed by atoms with van der Waals surface area (Å²) in [5.41, 5.74) is 0.963. The van der Waals surface area contributed by atoms with Crippen molar-refractivity contribution in [2.75, 3.05) is 0 Å². The summed E-state index contributed by atoms with van der Waals surface area (Å²) in [5, 5.41) is 0. The molecule has 0 fully saturated rings. The molecule has 0 aromatic carbocycles. The van der Waals surface area contributed by atoms with Crippen molar-refractivity contribution in [1.29, 1.82) is 0 Å². The SMILES string of the molecule is CCCCCCC.CCCCCCC.Cc1nc2oc(C)nc2o1. The van der Waals surface area contributed by atoms with E-state index < -0.39 is 0 Å². The van der Waals surface area contributed by atoms with E-state index in [1.54, 1.807) is 13.8 Å². The highest BCUT2D eigenvalue weighted by molar-refractivity contribution is 5.59. The van der Waals surface area contributed by atoms with Crippen LogP contribution in [0.25, 0.3) is 11.4 Å². The Labute approximate surface area is 148 Å². The van der Waals surface area contributed by atoms with Gasteiger partial charge in [0.1, 0.15) is 0 Å². The van der Waals surface area contributed by atoms with E-state index in [0.29, 0.717) is 23.2 Å². The van der Waals surface area contributed by atoms with Gasteiger partial charge >= 0.3 is 0 Å². The van der Waals surface area contributed by atoms with E-state index in [2.05, 4.69) is 37.7 Å². The fourth-order valence-corrected chi connectivity index (χ4v) is 2.19. The van der Waals surface area contributed by atoms with Crippen molar-refractivity contribution in [3.8, 4) is 0 Å². The van der Waals surface area contributed by atoms with Crippen LogP contribution in [0.4, 0.5) is 0 Å². The van der Waals surface area contributed by atoms with Gasteiger partial charge in [-0.25, -0.2) is 0 Å². The van der Waals surface area contributed by atoms with Crippen LogP contribution in [0.2, 0.25) is 0 Å². The number of unbranched alkanes of at least 4 members (excludes halogenated alkanes) is 8. The summed E-state index contributed by atoms with van der Waals surface area (Å²) < 4.78 is 10.1. The zero-order chi connectivity index (χ0) is 18.2. The largest absolute Gasteiger partial charge is 0.420 e. The minimum absolute atomic E-state index is 0.481. The summed E-state index contributed by atoms with van der Waals surface area (Å²) in [6, 6.07) is 0. The second-order valence-electron chi connectivity index (χ2n) is 6.20. The Kier molecular flexibility index (Phi) is 14.4. The van der Waals surface area contributed by atoms with Crippen LogP contribution in [0.1, 0.15) is 104 Å². The smallest absolute Gasteiger partial charge is 0.288 e. The first-order chi connectivity index (χ1) is 11.6. The fraction of sp³-hybridized carbons (Fsp3) is 0.800. The van der Waals surface area contributed by atoms with Crippen LogP contribution in [0.15, 0.2) is 8.83 Å². The van der Waals surface area contributed by atoms with Crippen molar-refractivity contribution >= 4 is 11.4 Å². The Morgan fingerprint density at radius 3 is 1.08 bits per heavy atom. The van der Waals surface area contributed by atoms with Crippen molar-refractivity contribution in [3.05, 3.63) is 11.8 Å². The molecule has 4 nitrogen and oxygen atoms in total. The Morgan fingerprint density at radius 1 is 0.542 bits per heavy atom. The number of rotatable bonds is 8. The molecule has 2 heterocycles. The maximum Gasteiger partial charge on any atom is 0.288 e. The molecule has 0 amide bonds. The molecule has 0 N–H and O–H groups in total. The second kappa shape index (κ2) is 15.2. The summed E-state index contributed by atoms with van der Waals surface area (Å²) >= 11 is 0. The van der Waals surface area contributed by atoms with Gasteiger partial charge in [-0.15, -0.1) is 0 Å². The van der Waals surface area contributed by atoms with E-state index in [1.165, 1.54) is 64.2 Å². The maximum absolute atomic E-state index is 5.07. The first-order valence-electron chi connectivity index (χ1n) is 9.79. The molecule has 0 radical (unpaired) electrons.